The minimum Gasteiger partial charge on any atom is -0.192 e. The molecule has 0 aliphatic carbocycles. The Bertz CT molecular complexity index is 288. The summed E-state index contributed by atoms with van der Waals surface area (Å²) in [5, 5.41) is 9.38. The molecular weight excluding hydrogens is 169 g/mol. The van der Waals surface area contributed by atoms with Crippen LogP contribution in [0.4, 0.5) is 0 Å². The molecule has 0 heterocycles. The van der Waals surface area contributed by atoms with Gasteiger partial charge in [-0.05, 0) is 18.2 Å². The fourth-order valence-corrected chi connectivity index (χ4v) is 1.03. The number of hydrogen-bond donors (Lipinski definition) is 0. The molecule has 0 unspecified atom stereocenters. The summed E-state index contributed by atoms with van der Waals surface area (Å²) >= 11 is 11.2. The predicted molar refractivity (Wildman–Crippen MR) is 41.2 cm³/mol. The standard InChI is InChI=1S/C7H3Cl2N/c8-6-2-1-5(4-10)7(9)3-6/h1-3H. The van der Waals surface area contributed by atoms with Crippen LogP contribution in [0.2, 0.25) is 10.0 Å². The van der Waals surface area contributed by atoms with Gasteiger partial charge < -0.3 is 0 Å². The second kappa shape index (κ2) is 2.92. The Hall–Kier alpha value is -0.710. The number of nitrogens with zero attached hydrogens (tertiary/aromatic N) is 1. The third-order valence-electron chi connectivity index (χ3n) is 1.05. The molecule has 1 rings (SSSR count). The summed E-state index contributed by atoms with van der Waals surface area (Å²) < 4.78 is 0. The highest BCUT2D eigenvalue weighted by atomic mass is 35.5. The first-order valence-electron chi connectivity index (χ1n) is 2.59. The van der Waals surface area contributed by atoms with Crippen LogP contribution in [0.25, 0.3) is 0 Å². The lowest BCUT2D eigenvalue weighted by Gasteiger charge is -1.92. The van der Waals surface area contributed by atoms with Crippen molar-refractivity contribution in [3.8, 4) is 6.07 Å². The lowest BCUT2D eigenvalue weighted by Crippen LogP contribution is -1.74. The van der Waals surface area contributed by atoms with Crippen LogP contribution < -0.4 is 0 Å². The van der Waals surface area contributed by atoms with Gasteiger partial charge in [0.15, 0.2) is 0 Å². The van der Waals surface area contributed by atoms with Gasteiger partial charge in [0.25, 0.3) is 0 Å². The van der Waals surface area contributed by atoms with E-state index in [9.17, 15) is 0 Å². The zero-order valence-electron chi connectivity index (χ0n) is 4.94. The molecule has 0 atom stereocenters. The van der Waals surface area contributed by atoms with Crippen LogP contribution in [-0.4, -0.2) is 0 Å². The fourth-order valence-electron chi connectivity index (χ4n) is 0.580. The monoisotopic (exact) mass is 171 g/mol. The van der Waals surface area contributed by atoms with E-state index in [0.717, 1.165) is 0 Å². The van der Waals surface area contributed by atoms with E-state index in [1.54, 1.807) is 18.2 Å². The average molecular weight is 172 g/mol. The normalized spacial score (nSPS) is 8.90. The van der Waals surface area contributed by atoms with Crippen molar-refractivity contribution < 1.29 is 0 Å². The van der Waals surface area contributed by atoms with E-state index in [4.69, 9.17) is 28.5 Å². The van der Waals surface area contributed by atoms with Crippen molar-refractivity contribution in [1.29, 1.82) is 5.26 Å². The molecule has 0 saturated carbocycles. The van der Waals surface area contributed by atoms with Crippen molar-refractivity contribution in [3.05, 3.63) is 33.8 Å². The van der Waals surface area contributed by atoms with E-state index in [0.29, 0.717) is 15.6 Å². The highest BCUT2D eigenvalue weighted by molar-refractivity contribution is 6.35. The van der Waals surface area contributed by atoms with Crippen LogP contribution >= 0.6 is 23.2 Å². The summed E-state index contributed by atoms with van der Waals surface area (Å²) in [6, 6.07) is 6.69. The van der Waals surface area contributed by atoms with Gasteiger partial charge in [-0.2, -0.15) is 5.26 Å². The summed E-state index contributed by atoms with van der Waals surface area (Å²) in [7, 11) is 0. The van der Waals surface area contributed by atoms with Gasteiger partial charge in [-0.15, -0.1) is 0 Å². The van der Waals surface area contributed by atoms with Crippen LogP contribution in [0.5, 0.6) is 0 Å². The smallest absolute Gasteiger partial charge is 0.101 e. The SMILES string of the molecule is N#Cc1ccc(Cl)cc1Cl. The summed E-state index contributed by atoms with van der Waals surface area (Å²) in [5.74, 6) is 0. The average Bonchev–Trinajstić information content (AvgIpc) is 1.88. The molecule has 1 aromatic carbocycles. The topological polar surface area (TPSA) is 23.8 Å². The van der Waals surface area contributed by atoms with Gasteiger partial charge in [-0.25, -0.2) is 0 Å². The zero-order valence-corrected chi connectivity index (χ0v) is 6.45. The quantitative estimate of drug-likeness (QED) is 0.590. The molecule has 0 aliphatic heterocycles. The van der Waals surface area contributed by atoms with Crippen LogP contribution in [0.1, 0.15) is 5.56 Å². The molecule has 0 radical (unpaired) electrons. The van der Waals surface area contributed by atoms with Crippen molar-refractivity contribution >= 4 is 23.2 Å². The van der Waals surface area contributed by atoms with Gasteiger partial charge in [-0.3, -0.25) is 0 Å². The van der Waals surface area contributed by atoms with E-state index in [2.05, 4.69) is 0 Å². The van der Waals surface area contributed by atoms with Crippen molar-refractivity contribution in [2.24, 2.45) is 0 Å². The molecule has 0 N–H and O–H groups in total. The second-order valence-corrected chi connectivity index (χ2v) is 2.58. The summed E-state index contributed by atoms with van der Waals surface area (Å²) in [4.78, 5) is 0. The van der Waals surface area contributed by atoms with E-state index in [1.165, 1.54) is 0 Å². The van der Waals surface area contributed by atoms with E-state index >= 15 is 0 Å². The van der Waals surface area contributed by atoms with Crippen molar-refractivity contribution in [1.82, 2.24) is 0 Å². The van der Waals surface area contributed by atoms with Crippen molar-refractivity contribution in [2.45, 2.75) is 0 Å². The van der Waals surface area contributed by atoms with Gasteiger partial charge >= 0.3 is 0 Å². The highest BCUT2D eigenvalue weighted by Crippen LogP contribution is 2.19. The van der Waals surface area contributed by atoms with Gasteiger partial charge in [0.1, 0.15) is 6.07 Å². The summed E-state index contributed by atoms with van der Waals surface area (Å²) in [6.45, 7) is 0. The van der Waals surface area contributed by atoms with E-state index in [1.807, 2.05) is 6.07 Å². The third-order valence-corrected chi connectivity index (χ3v) is 1.60. The van der Waals surface area contributed by atoms with Crippen LogP contribution in [-0.2, 0) is 0 Å². The molecular formula is C7H3Cl2N. The molecule has 0 amide bonds. The Morgan fingerprint density at radius 3 is 2.50 bits per heavy atom. The van der Waals surface area contributed by atoms with Crippen LogP contribution in [0.3, 0.4) is 0 Å². The second-order valence-electron chi connectivity index (χ2n) is 1.74. The Labute approximate surface area is 68.8 Å². The number of nitriles is 1. The number of hydrogen-bond acceptors (Lipinski definition) is 1. The Morgan fingerprint density at radius 2 is 2.00 bits per heavy atom. The molecule has 50 valence electrons. The summed E-state index contributed by atoms with van der Waals surface area (Å²) in [5.41, 5.74) is 0.450. The van der Waals surface area contributed by atoms with Crippen LogP contribution in [0, 0.1) is 11.3 Å². The molecule has 0 aliphatic rings. The van der Waals surface area contributed by atoms with E-state index < -0.39 is 0 Å². The maximum absolute atomic E-state index is 8.43. The van der Waals surface area contributed by atoms with Crippen LogP contribution in [0.15, 0.2) is 18.2 Å². The first-order valence-corrected chi connectivity index (χ1v) is 3.35. The molecule has 1 aromatic rings. The summed E-state index contributed by atoms with van der Waals surface area (Å²) in [6.07, 6.45) is 0. The minimum atomic E-state index is 0.398. The first-order chi connectivity index (χ1) is 4.74. The maximum Gasteiger partial charge on any atom is 0.101 e. The lowest BCUT2D eigenvalue weighted by atomic mass is 10.2. The Morgan fingerprint density at radius 1 is 1.30 bits per heavy atom. The Kier molecular flexibility index (Phi) is 2.16. The number of benzene rings is 1. The largest absolute Gasteiger partial charge is 0.192 e. The van der Waals surface area contributed by atoms with E-state index in [-0.39, 0.29) is 0 Å². The highest BCUT2D eigenvalue weighted by Gasteiger charge is 1.97. The van der Waals surface area contributed by atoms with Gasteiger partial charge in [0, 0.05) is 5.02 Å². The molecule has 3 heteroatoms. The fraction of sp³-hybridized carbons (Fsp3) is 0. The molecule has 0 fully saturated rings. The third kappa shape index (κ3) is 1.41. The zero-order chi connectivity index (χ0) is 7.56. The first kappa shape index (κ1) is 7.40. The molecule has 1 nitrogen and oxygen atoms in total. The molecule has 10 heavy (non-hydrogen) atoms. The number of halogens is 2. The van der Waals surface area contributed by atoms with Gasteiger partial charge in [-0.1, -0.05) is 23.2 Å². The lowest BCUT2D eigenvalue weighted by molar-refractivity contribution is 1.48. The molecule has 0 aromatic heterocycles. The molecule has 0 bridgehead atoms. The minimum absolute atomic E-state index is 0.398. The molecule has 0 saturated heterocycles. The van der Waals surface area contributed by atoms with Gasteiger partial charge in [0.05, 0.1) is 10.6 Å². The number of rotatable bonds is 0. The Balaban J connectivity index is 3.23. The van der Waals surface area contributed by atoms with Crippen molar-refractivity contribution in [2.75, 3.05) is 0 Å². The van der Waals surface area contributed by atoms with Crippen molar-refractivity contribution in [3.63, 3.8) is 0 Å². The molecule has 0 spiro atoms. The maximum atomic E-state index is 8.43. The van der Waals surface area contributed by atoms with Gasteiger partial charge in [0.2, 0.25) is 0 Å². The predicted octanol–water partition coefficient (Wildman–Crippen LogP) is 2.87.